The Labute approximate surface area is 126 Å². The van der Waals surface area contributed by atoms with Crippen LogP contribution in [0.2, 0.25) is 5.02 Å². The number of hydrogen-bond acceptors (Lipinski definition) is 3. The minimum atomic E-state index is -1.08. The third kappa shape index (κ3) is 4.32. The van der Waals surface area contributed by atoms with Crippen LogP contribution in [0.5, 0.6) is 0 Å². The number of carbonyl (C=O) groups excluding carboxylic acids is 1. The zero-order valence-electron chi connectivity index (χ0n) is 11.1. The number of nitrogens with zero attached hydrogens (tertiary/aromatic N) is 3. The number of carbonyl (C=O) groups is 2. The smallest absolute Gasteiger partial charge is 0.323 e. The normalized spacial score (nSPS) is 10.3. The lowest BCUT2D eigenvalue weighted by Crippen LogP contribution is -2.36. The topological polar surface area (TPSA) is 75.4 Å². The second-order valence-corrected chi connectivity index (χ2v) is 4.84. The molecule has 1 aromatic heterocycles. The van der Waals surface area contributed by atoms with E-state index < -0.39 is 12.5 Å². The monoisotopic (exact) mass is 307 g/mol. The molecule has 0 fully saturated rings. The first-order valence-electron chi connectivity index (χ1n) is 6.30. The molecular formula is C14H14ClN3O3. The van der Waals surface area contributed by atoms with Gasteiger partial charge in [0.1, 0.15) is 6.54 Å². The van der Waals surface area contributed by atoms with Gasteiger partial charge in [0.25, 0.3) is 0 Å². The minimum absolute atomic E-state index is 0.177. The van der Waals surface area contributed by atoms with Gasteiger partial charge in [-0.1, -0.05) is 17.7 Å². The summed E-state index contributed by atoms with van der Waals surface area (Å²) in [6, 6.07) is 6.57. The van der Waals surface area contributed by atoms with E-state index in [1.807, 2.05) is 0 Å². The third-order valence-corrected chi connectivity index (χ3v) is 3.09. The highest BCUT2D eigenvalue weighted by Gasteiger charge is 2.18. The molecule has 1 aromatic carbocycles. The van der Waals surface area contributed by atoms with Crippen LogP contribution in [-0.2, 0) is 16.1 Å². The van der Waals surface area contributed by atoms with Crippen molar-refractivity contribution in [1.29, 1.82) is 0 Å². The van der Waals surface area contributed by atoms with Gasteiger partial charge in [0.2, 0.25) is 5.91 Å². The molecule has 1 N–H and O–H groups in total. The summed E-state index contributed by atoms with van der Waals surface area (Å²) in [7, 11) is 0. The molecule has 1 amide bonds. The number of hydrogen-bond donors (Lipinski definition) is 1. The molecule has 0 aliphatic heterocycles. The molecule has 0 aliphatic rings. The van der Waals surface area contributed by atoms with Crippen LogP contribution in [0.3, 0.4) is 0 Å². The molecule has 2 aromatic rings. The number of imidazole rings is 1. The van der Waals surface area contributed by atoms with Crippen molar-refractivity contribution in [3.05, 3.63) is 48.0 Å². The average molecular weight is 308 g/mol. The quantitative estimate of drug-likeness (QED) is 0.886. The van der Waals surface area contributed by atoms with E-state index in [0.29, 0.717) is 17.3 Å². The lowest BCUT2D eigenvalue weighted by Gasteiger charge is -2.21. The van der Waals surface area contributed by atoms with Crippen LogP contribution in [0.25, 0.3) is 0 Å². The van der Waals surface area contributed by atoms with Crippen LogP contribution in [0.15, 0.2) is 43.0 Å². The standard InChI is InChI=1S/C14H14ClN3O3/c15-11-2-1-3-12(8-11)18(9-14(20)21)13(19)4-6-17-7-5-16-10-17/h1-3,5,7-8,10H,4,6,9H2,(H,20,21). The third-order valence-electron chi connectivity index (χ3n) is 2.86. The average Bonchev–Trinajstić information content (AvgIpc) is 2.95. The molecule has 7 heteroatoms. The number of halogens is 1. The summed E-state index contributed by atoms with van der Waals surface area (Å²) in [5.74, 6) is -1.36. The summed E-state index contributed by atoms with van der Waals surface area (Å²) in [6.45, 7) is 0.0403. The fraction of sp³-hybridized carbons (Fsp3) is 0.214. The van der Waals surface area contributed by atoms with E-state index in [2.05, 4.69) is 4.98 Å². The molecule has 6 nitrogen and oxygen atoms in total. The van der Waals surface area contributed by atoms with Gasteiger partial charge in [-0.15, -0.1) is 0 Å². The molecule has 0 radical (unpaired) electrons. The van der Waals surface area contributed by atoms with Crippen molar-refractivity contribution in [1.82, 2.24) is 9.55 Å². The van der Waals surface area contributed by atoms with Crippen molar-refractivity contribution in [2.75, 3.05) is 11.4 Å². The van der Waals surface area contributed by atoms with E-state index >= 15 is 0 Å². The van der Waals surface area contributed by atoms with E-state index in [0.717, 1.165) is 0 Å². The summed E-state index contributed by atoms with van der Waals surface area (Å²) >= 11 is 5.89. The molecule has 0 aliphatic carbocycles. The molecule has 1 heterocycles. The summed E-state index contributed by atoms with van der Waals surface area (Å²) in [5.41, 5.74) is 0.473. The molecule has 0 saturated carbocycles. The summed E-state index contributed by atoms with van der Waals surface area (Å²) in [5, 5.41) is 9.42. The first kappa shape index (κ1) is 15.1. The number of benzene rings is 1. The Bertz CT molecular complexity index is 628. The predicted octanol–water partition coefficient (Wildman–Crippen LogP) is 2.04. The van der Waals surface area contributed by atoms with Gasteiger partial charge in [-0.25, -0.2) is 4.98 Å². The van der Waals surface area contributed by atoms with Gasteiger partial charge in [-0.05, 0) is 18.2 Å². The van der Waals surface area contributed by atoms with Crippen LogP contribution in [0.4, 0.5) is 5.69 Å². The maximum atomic E-state index is 12.3. The summed E-state index contributed by atoms with van der Waals surface area (Å²) in [4.78, 5) is 28.3. The number of aryl methyl sites for hydroxylation is 1. The summed E-state index contributed by atoms with van der Waals surface area (Å²) < 4.78 is 1.76. The van der Waals surface area contributed by atoms with Gasteiger partial charge in [0, 0.05) is 36.1 Å². The van der Waals surface area contributed by atoms with Gasteiger partial charge < -0.3 is 14.6 Å². The lowest BCUT2D eigenvalue weighted by molar-refractivity contribution is -0.136. The molecule has 2 rings (SSSR count). The van der Waals surface area contributed by atoms with Crippen LogP contribution >= 0.6 is 11.6 Å². The Morgan fingerprint density at radius 3 is 2.81 bits per heavy atom. The van der Waals surface area contributed by atoms with E-state index in [1.54, 1.807) is 47.6 Å². The molecule has 0 saturated heterocycles. The SMILES string of the molecule is O=C(O)CN(C(=O)CCn1ccnc1)c1cccc(Cl)c1. The Morgan fingerprint density at radius 2 is 2.19 bits per heavy atom. The highest BCUT2D eigenvalue weighted by atomic mass is 35.5. The lowest BCUT2D eigenvalue weighted by atomic mass is 10.2. The van der Waals surface area contributed by atoms with Gasteiger partial charge in [-0.2, -0.15) is 0 Å². The van der Waals surface area contributed by atoms with Crippen molar-refractivity contribution >= 4 is 29.2 Å². The first-order chi connectivity index (χ1) is 10.1. The number of carboxylic acid groups (broad SMARTS) is 1. The molecule has 0 unspecified atom stereocenters. The Balaban J connectivity index is 2.11. The van der Waals surface area contributed by atoms with E-state index in [9.17, 15) is 9.59 Å². The Morgan fingerprint density at radius 1 is 1.38 bits per heavy atom. The molecule has 110 valence electrons. The van der Waals surface area contributed by atoms with Crippen molar-refractivity contribution in [3.63, 3.8) is 0 Å². The number of aliphatic carboxylic acids is 1. The van der Waals surface area contributed by atoms with Crippen LogP contribution in [-0.4, -0.2) is 33.1 Å². The number of aromatic nitrogens is 2. The fourth-order valence-electron chi connectivity index (χ4n) is 1.88. The van der Waals surface area contributed by atoms with Crippen molar-refractivity contribution in [3.8, 4) is 0 Å². The van der Waals surface area contributed by atoms with E-state index in [-0.39, 0.29) is 12.3 Å². The van der Waals surface area contributed by atoms with E-state index in [4.69, 9.17) is 16.7 Å². The maximum absolute atomic E-state index is 12.3. The maximum Gasteiger partial charge on any atom is 0.323 e. The molecule has 0 atom stereocenters. The fourth-order valence-corrected chi connectivity index (χ4v) is 2.07. The zero-order chi connectivity index (χ0) is 15.2. The Kier molecular flexibility index (Phi) is 4.94. The van der Waals surface area contributed by atoms with Gasteiger partial charge in [0.05, 0.1) is 6.33 Å². The Hall–Kier alpha value is -2.34. The summed E-state index contributed by atoms with van der Waals surface area (Å²) in [6.07, 6.45) is 5.15. The second-order valence-electron chi connectivity index (χ2n) is 4.40. The van der Waals surface area contributed by atoms with Crippen molar-refractivity contribution in [2.24, 2.45) is 0 Å². The second kappa shape index (κ2) is 6.90. The van der Waals surface area contributed by atoms with E-state index in [1.165, 1.54) is 4.90 Å². The number of amides is 1. The number of carboxylic acids is 1. The minimum Gasteiger partial charge on any atom is -0.480 e. The number of rotatable bonds is 6. The van der Waals surface area contributed by atoms with Gasteiger partial charge in [-0.3, -0.25) is 9.59 Å². The van der Waals surface area contributed by atoms with Gasteiger partial charge >= 0.3 is 5.97 Å². The molecule has 0 spiro atoms. The first-order valence-corrected chi connectivity index (χ1v) is 6.67. The largest absolute Gasteiger partial charge is 0.480 e. The number of anilines is 1. The molecule has 0 bridgehead atoms. The van der Waals surface area contributed by atoms with Crippen molar-refractivity contribution in [2.45, 2.75) is 13.0 Å². The van der Waals surface area contributed by atoms with Crippen LogP contribution in [0, 0.1) is 0 Å². The molecular weight excluding hydrogens is 294 g/mol. The highest BCUT2D eigenvalue weighted by Crippen LogP contribution is 2.20. The zero-order valence-corrected chi connectivity index (χ0v) is 11.9. The van der Waals surface area contributed by atoms with Crippen LogP contribution < -0.4 is 4.90 Å². The predicted molar refractivity (Wildman–Crippen MR) is 78.3 cm³/mol. The van der Waals surface area contributed by atoms with Crippen LogP contribution in [0.1, 0.15) is 6.42 Å². The molecule has 21 heavy (non-hydrogen) atoms. The van der Waals surface area contributed by atoms with Crippen molar-refractivity contribution < 1.29 is 14.7 Å². The highest BCUT2D eigenvalue weighted by molar-refractivity contribution is 6.30. The van der Waals surface area contributed by atoms with Gasteiger partial charge in [0.15, 0.2) is 0 Å².